The molecule has 0 saturated heterocycles. The van der Waals surface area contributed by atoms with Crippen LogP contribution in [-0.4, -0.2) is 35.3 Å². The second kappa shape index (κ2) is 8.40. The first kappa shape index (κ1) is 20.3. The van der Waals surface area contributed by atoms with Gasteiger partial charge in [-0.2, -0.15) is 4.98 Å². The zero-order valence-electron chi connectivity index (χ0n) is 16.4. The largest absolute Gasteiger partial charge is 0.493 e. The average molecular weight is 441 g/mol. The lowest BCUT2D eigenvalue weighted by molar-refractivity contribution is -0.384. The van der Waals surface area contributed by atoms with E-state index in [0.717, 1.165) is 4.70 Å². The summed E-state index contributed by atoms with van der Waals surface area (Å²) in [6.07, 6.45) is 0. The molecule has 0 bridgehead atoms. The standard InChI is InChI=1S/C20H15N3O7S/c1-27-14-5-3-11(8-15(14)28-2)19-21-18(30-22-19)10-29-20(24)17-9-12-7-13(23(25)26)4-6-16(12)31-17/h3-9H,10H2,1-2H3. The summed E-state index contributed by atoms with van der Waals surface area (Å²) in [7, 11) is 3.06. The Bertz CT molecular complexity index is 1280. The highest BCUT2D eigenvalue weighted by Crippen LogP contribution is 2.32. The van der Waals surface area contributed by atoms with E-state index in [1.54, 1.807) is 30.3 Å². The van der Waals surface area contributed by atoms with E-state index in [9.17, 15) is 14.9 Å². The first-order chi connectivity index (χ1) is 15.0. The van der Waals surface area contributed by atoms with E-state index in [2.05, 4.69) is 10.1 Å². The van der Waals surface area contributed by atoms with Crippen molar-refractivity contribution in [2.75, 3.05) is 14.2 Å². The van der Waals surface area contributed by atoms with Gasteiger partial charge in [-0.1, -0.05) is 5.16 Å². The number of fused-ring (bicyclic) bond motifs is 1. The lowest BCUT2D eigenvalue weighted by atomic mass is 10.2. The lowest BCUT2D eigenvalue weighted by Crippen LogP contribution is -2.03. The van der Waals surface area contributed by atoms with Crippen molar-refractivity contribution in [3.63, 3.8) is 0 Å². The molecule has 2 heterocycles. The molecule has 2 aromatic carbocycles. The van der Waals surface area contributed by atoms with Crippen LogP contribution in [0.2, 0.25) is 0 Å². The van der Waals surface area contributed by atoms with Gasteiger partial charge in [0.25, 0.3) is 11.6 Å². The number of aromatic nitrogens is 2. The number of hydrogen-bond donors (Lipinski definition) is 0. The number of carbonyl (C=O) groups excluding carboxylic acids is 1. The molecule has 31 heavy (non-hydrogen) atoms. The summed E-state index contributed by atoms with van der Waals surface area (Å²) >= 11 is 1.18. The molecule has 0 N–H and O–H groups in total. The number of benzene rings is 2. The van der Waals surface area contributed by atoms with Gasteiger partial charge in [0.2, 0.25) is 5.82 Å². The van der Waals surface area contributed by atoms with Crippen LogP contribution in [-0.2, 0) is 11.3 Å². The van der Waals surface area contributed by atoms with E-state index in [4.69, 9.17) is 18.7 Å². The predicted molar refractivity (Wildman–Crippen MR) is 110 cm³/mol. The van der Waals surface area contributed by atoms with E-state index in [-0.39, 0.29) is 18.2 Å². The summed E-state index contributed by atoms with van der Waals surface area (Å²) in [5.74, 6) is 0.922. The van der Waals surface area contributed by atoms with Crippen LogP contribution in [0.15, 0.2) is 47.0 Å². The van der Waals surface area contributed by atoms with Gasteiger partial charge in [-0.05, 0) is 30.3 Å². The molecule has 4 rings (SSSR count). The van der Waals surface area contributed by atoms with Crippen molar-refractivity contribution >= 4 is 33.1 Å². The Kier molecular flexibility index (Phi) is 5.50. The Morgan fingerprint density at radius 3 is 2.68 bits per heavy atom. The highest BCUT2D eigenvalue weighted by molar-refractivity contribution is 7.20. The predicted octanol–water partition coefficient (Wildman–Crippen LogP) is 4.23. The number of non-ortho nitro benzene ring substituents is 1. The molecule has 0 saturated carbocycles. The number of methoxy groups -OCH3 is 2. The molecule has 0 unspecified atom stereocenters. The minimum absolute atomic E-state index is 0.0428. The summed E-state index contributed by atoms with van der Waals surface area (Å²) < 4.78 is 21.6. The topological polar surface area (TPSA) is 127 Å². The summed E-state index contributed by atoms with van der Waals surface area (Å²) in [6, 6.07) is 11.1. The van der Waals surface area contributed by atoms with Gasteiger partial charge in [-0.3, -0.25) is 10.1 Å². The highest BCUT2D eigenvalue weighted by atomic mass is 32.1. The quantitative estimate of drug-likeness (QED) is 0.235. The van der Waals surface area contributed by atoms with Crippen molar-refractivity contribution in [1.82, 2.24) is 10.1 Å². The molecule has 10 nitrogen and oxygen atoms in total. The molecule has 0 atom stereocenters. The molecule has 0 fully saturated rings. The number of esters is 1. The van der Waals surface area contributed by atoms with Gasteiger partial charge in [0.1, 0.15) is 4.88 Å². The van der Waals surface area contributed by atoms with Crippen molar-refractivity contribution in [2.24, 2.45) is 0 Å². The summed E-state index contributed by atoms with van der Waals surface area (Å²) in [4.78, 5) is 27.3. The molecule has 0 radical (unpaired) electrons. The van der Waals surface area contributed by atoms with Crippen LogP contribution < -0.4 is 9.47 Å². The molecule has 0 spiro atoms. The molecule has 0 aliphatic rings. The molecule has 2 aromatic heterocycles. The fourth-order valence-electron chi connectivity index (χ4n) is 2.85. The number of thiophene rings is 1. The van der Waals surface area contributed by atoms with E-state index in [1.165, 1.54) is 37.7 Å². The molecular weight excluding hydrogens is 426 g/mol. The third-order valence-corrected chi connectivity index (χ3v) is 5.44. The molecule has 0 amide bonds. The first-order valence-corrected chi connectivity index (χ1v) is 9.70. The van der Waals surface area contributed by atoms with Crippen LogP contribution in [0.4, 0.5) is 5.69 Å². The maximum absolute atomic E-state index is 12.4. The number of ether oxygens (including phenoxy) is 3. The van der Waals surface area contributed by atoms with E-state index in [1.807, 2.05) is 0 Å². The number of nitro benzene ring substituents is 1. The first-order valence-electron chi connectivity index (χ1n) is 8.88. The number of carbonyl (C=O) groups is 1. The number of nitro groups is 1. The second-order valence-electron chi connectivity index (χ2n) is 6.25. The lowest BCUT2D eigenvalue weighted by Gasteiger charge is -2.07. The van der Waals surface area contributed by atoms with Gasteiger partial charge in [0.15, 0.2) is 18.1 Å². The van der Waals surface area contributed by atoms with E-state index in [0.29, 0.717) is 33.2 Å². The van der Waals surface area contributed by atoms with Crippen molar-refractivity contribution in [3.8, 4) is 22.9 Å². The number of nitrogens with zero attached hydrogens (tertiary/aromatic N) is 3. The Hall–Kier alpha value is -3.99. The van der Waals surface area contributed by atoms with Gasteiger partial charge in [-0.25, -0.2) is 4.79 Å². The van der Waals surface area contributed by atoms with Crippen LogP contribution in [0.3, 0.4) is 0 Å². The molecule has 0 aliphatic heterocycles. The minimum Gasteiger partial charge on any atom is -0.493 e. The summed E-state index contributed by atoms with van der Waals surface area (Å²) in [6.45, 7) is -0.215. The van der Waals surface area contributed by atoms with Crippen molar-refractivity contribution in [2.45, 2.75) is 6.61 Å². The number of rotatable bonds is 7. The van der Waals surface area contributed by atoms with Crippen molar-refractivity contribution < 1.29 is 28.5 Å². The normalized spacial score (nSPS) is 10.8. The third-order valence-electron chi connectivity index (χ3n) is 4.35. The van der Waals surface area contributed by atoms with Crippen molar-refractivity contribution in [1.29, 1.82) is 0 Å². The molecule has 11 heteroatoms. The van der Waals surface area contributed by atoms with Gasteiger partial charge >= 0.3 is 5.97 Å². The van der Waals surface area contributed by atoms with Gasteiger partial charge < -0.3 is 18.7 Å². The second-order valence-corrected chi connectivity index (χ2v) is 7.33. The van der Waals surface area contributed by atoms with Crippen LogP contribution in [0.5, 0.6) is 11.5 Å². The molecule has 0 aliphatic carbocycles. The van der Waals surface area contributed by atoms with E-state index >= 15 is 0 Å². The SMILES string of the molecule is COc1ccc(-c2noc(COC(=O)c3cc4cc([N+](=O)[O-])ccc4s3)n2)cc1OC. The fourth-order valence-corrected chi connectivity index (χ4v) is 3.79. The summed E-state index contributed by atoms with van der Waals surface area (Å²) in [5, 5.41) is 15.4. The fraction of sp³-hybridized carbons (Fsp3) is 0.150. The third kappa shape index (κ3) is 4.16. The highest BCUT2D eigenvalue weighted by Gasteiger charge is 2.17. The van der Waals surface area contributed by atoms with Crippen LogP contribution in [0.1, 0.15) is 15.6 Å². The van der Waals surface area contributed by atoms with Gasteiger partial charge in [-0.15, -0.1) is 11.3 Å². The van der Waals surface area contributed by atoms with Crippen molar-refractivity contribution in [3.05, 3.63) is 63.3 Å². The Morgan fingerprint density at radius 1 is 1.13 bits per heavy atom. The Labute approximate surface area is 179 Å². The van der Waals surface area contributed by atoms with E-state index < -0.39 is 10.9 Å². The van der Waals surface area contributed by atoms with Crippen LogP contribution in [0.25, 0.3) is 21.5 Å². The summed E-state index contributed by atoms with van der Waals surface area (Å²) in [5.41, 5.74) is 0.601. The zero-order valence-corrected chi connectivity index (χ0v) is 17.2. The Balaban J connectivity index is 1.45. The molecular formula is C20H15N3O7S. The van der Waals surface area contributed by atoms with Gasteiger partial charge in [0, 0.05) is 27.8 Å². The van der Waals surface area contributed by atoms with Crippen LogP contribution >= 0.6 is 11.3 Å². The average Bonchev–Trinajstić information content (AvgIpc) is 3.43. The van der Waals surface area contributed by atoms with Gasteiger partial charge in [0.05, 0.1) is 19.1 Å². The number of hydrogen-bond acceptors (Lipinski definition) is 10. The molecule has 158 valence electrons. The smallest absolute Gasteiger partial charge is 0.348 e. The Morgan fingerprint density at radius 2 is 1.94 bits per heavy atom. The monoisotopic (exact) mass is 441 g/mol. The van der Waals surface area contributed by atoms with Crippen LogP contribution in [0, 0.1) is 10.1 Å². The maximum atomic E-state index is 12.4. The minimum atomic E-state index is -0.588. The molecule has 4 aromatic rings. The zero-order chi connectivity index (χ0) is 22.0. The maximum Gasteiger partial charge on any atom is 0.348 e.